The maximum atomic E-state index is 11.5. The molecular weight excluding hydrogens is 304 g/mol. The predicted octanol–water partition coefficient (Wildman–Crippen LogP) is 3.89. The third-order valence-corrected chi connectivity index (χ3v) is 3.09. The molecule has 22 heavy (non-hydrogen) atoms. The number of carboxylic acids is 1. The van der Waals surface area contributed by atoms with Crippen LogP contribution in [0.4, 0.5) is 0 Å². The van der Waals surface area contributed by atoms with Crippen LogP contribution in [0.25, 0.3) is 11.6 Å². The quantitative estimate of drug-likeness (QED) is 0.402. The van der Waals surface area contributed by atoms with Crippen molar-refractivity contribution in [1.82, 2.24) is 0 Å². The molecule has 0 bridgehead atoms. The zero-order valence-electron chi connectivity index (χ0n) is 11.7. The molecule has 0 aliphatic carbocycles. The highest BCUT2D eigenvalue weighted by Crippen LogP contribution is 2.22. The maximum Gasteiger partial charge on any atom is 0.336 e. The van der Waals surface area contributed by atoms with E-state index in [1.165, 1.54) is 6.92 Å². The Morgan fingerprint density at radius 2 is 1.64 bits per heavy atom. The van der Waals surface area contributed by atoms with E-state index in [1.807, 2.05) is 0 Å². The average Bonchev–Trinajstić information content (AvgIpc) is 2.47. The molecule has 4 nitrogen and oxygen atoms in total. The van der Waals surface area contributed by atoms with Gasteiger partial charge in [-0.2, -0.15) is 0 Å². The minimum Gasteiger partial charge on any atom is -0.478 e. The fourth-order valence-corrected chi connectivity index (χ4v) is 1.99. The lowest BCUT2D eigenvalue weighted by molar-refractivity contribution is -0.132. The van der Waals surface area contributed by atoms with Gasteiger partial charge in [-0.3, -0.25) is 4.79 Å². The van der Waals surface area contributed by atoms with Crippen LogP contribution in [0.2, 0.25) is 5.02 Å². The standard InChI is InChI=1S/C17H13ClO4/c1-11(19)22-15-8-4-13(5-9-15)16(17(20)21)10-12-2-6-14(18)7-3-12/h2-10H,1H3,(H,20,21). The van der Waals surface area contributed by atoms with Crippen molar-refractivity contribution in [2.75, 3.05) is 0 Å². The SMILES string of the molecule is CC(=O)Oc1ccc(C(=Cc2ccc(Cl)cc2)C(=O)O)cc1. The second-order valence-electron chi connectivity index (χ2n) is 4.53. The lowest BCUT2D eigenvalue weighted by atomic mass is 10.0. The normalized spacial score (nSPS) is 11.1. The molecule has 0 fully saturated rings. The van der Waals surface area contributed by atoms with Crippen LogP contribution >= 0.6 is 11.6 Å². The van der Waals surface area contributed by atoms with E-state index in [0.717, 1.165) is 5.56 Å². The summed E-state index contributed by atoms with van der Waals surface area (Å²) < 4.78 is 4.92. The minimum atomic E-state index is -1.05. The number of ether oxygens (including phenoxy) is 1. The number of esters is 1. The summed E-state index contributed by atoms with van der Waals surface area (Å²) in [6, 6.07) is 13.1. The van der Waals surface area contributed by atoms with Gasteiger partial charge >= 0.3 is 11.9 Å². The number of hydrogen-bond donors (Lipinski definition) is 1. The number of aliphatic carboxylic acids is 1. The number of benzene rings is 2. The van der Waals surface area contributed by atoms with Gasteiger partial charge in [0.05, 0.1) is 5.57 Å². The van der Waals surface area contributed by atoms with Gasteiger partial charge in [-0.25, -0.2) is 4.79 Å². The Hall–Kier alpha value is -2.59. The van der Waals surface area contributed by atoms with Gasteiger partial charge in [0.2, 0.25) is 0 Å². The van der Waals surface area contributed by atoms with Gasteiger partial charge in [0.25, 0.3) is 0 Å². The molecule has 0 saturated heterocycles. The molecule has 0 saturated carbocycles. The van der Waals surface area contributed by atoms with Gasteiger partial charge in [0.1, 0.15) is 5.75 Å². The molecule has 0 unspecified atom stereocenters. The van der Waals surface area contributed by atoms with Crippen LogP contribution in [-0.2, 0) is 9.59 Å². The van der Waals surface area contributed by atoms with Crippen LogP contribution < -0.4 is 4.74 Å². The van der Waals surface area contributed by atoms with Crippen molar-refractivity contribution in [1.29, 1.82) is 0 Å². The molecule has 112 valence electrons. The number of halogens is 1. The van der Waals surface area contributed by atoms with Gasteiger partial charge in [-0.1, -0.05) is 35.9 Å². The monoisotopic (exact) mass is 316 g/mol. The Kier molecular flexibility index (Phi) is 4.96. The molecule has 2 aromatic rings. The van der Waals surface area contributed by atoms with E-state index >= 15 is 0 Å². The Bertz CT molecular complexity index is 715. The van der Waals surface area contributed by atoms with Crippen LogP contribution in [0.5, 0.6) is 5.75 Å². The zero-order chi connectivity index (χ0) is 16.1. The molecule has 5 heteroatoms. The van der Waals surface area contributed by atoms with Crippen molar-refractivity contribution >= 4 is 35.2 Å². The van der Waals surface area contributed by atoms with Crippen LogP contribution in [0, 0.1) is 0 Å². The third kappa shape index (κ3) is 4.20. The highest BCUT2D eigenvalue weighted by molar-refractivity contribution is 6.30. The van der Waals surface area contributed by atoms with Gasteiger partial charge in [0.15, 0.2) is 0 Å². The van der Waals surface area contributed by atoms with Crippen molar-refractivity contribution in [3.8, 4) is 5.75 Å². The highest BCUT2D eigenvalue weighted by atomic mass is 35.5. The molecule has 1 N–H and O–H groups in total. The van der Waals surface area contributed by atoms with Crippen LogP contribution in [0.3, 0.4) is 0 Å². The number of carboxylic acid groups (broad SMARTS) is 1. The van der Waals surface area contributed by atoms with Crippen molar-refractivity contribution in [2.45, 2.75) is 6.92 Å². The summed E-state index contributed by atoms with van der Waals surface area (Å²) in [6.45, 7) is 1.30. The van der Waals surface area contributed by atoms with Crippen LogP contribution in [0.1, 0.15) is 18.1 Å². The number of carbonyl (C=O) groups is 2. The minimum absolute atomic E-state index is 0.136. The summed E-state index contributed by atoms with van der Waals surface area (Å²) in [6.07, 6.45) is 1.56. The predicted molar refractivity (Wildman–Crippen MR) is 84.7 cm³/mol. The molecule has 0 radical (unpaired) electrons. The first-order valence-electron chi connectivity index (χ1n) is 6.45. The molecule has 0 amide bonds. The molecule has 0 atom stereocenters. The van der Waals surface area contributed by atoms with Gasteiger partial charge in [-0.05, 0) is 41.5 Å². The Morgan fingerprint density at radius 1 is 1.05 bits per heavy atom. The van der Waals surface area contributed by atoms with Gasteiger partial charge in [-0.15, -0.1) is 0 Å². The van der Waals surface area contributed by atoms with E-state index in [2.05, 4.69) is 0 Å². The highest BCUT2D eigenvalue weighted by Gasteiger charge is 2.11. The summed E-state index contributed by atoms with van der Waals surface area (Å²) in [4.78, 5) is 22.3. The molecule has 2 rings (SSSR count). The number of rotatable bonds is 4. The summed E-state index contributed by atoms with van der Waals surface area (Å²) in [5.74, 6) is -1.11. The van der Waals surface area contributed by atoms with E-state index in [9.17, 15) is 14.7 Å². The third-order valence-electron chi connectivity index (χ3n) is 2.84. The Balaban J connectivity index is 2.33. The Labute approximate surface area is 132 Å². The molecule has 2 aromatic carbocycles. The van der Waals surface area contributed by atoms with E-state index < -0.39 is 11.9 Å². The first-order chi connectivity index (χ1) is 10.5. The zero-order valence-corrected chi connectivity index (χ0v) is 12.5. The molecule has 0 aliphatic rings. The Morgan fingerprint density at radius 3 is 2.14 bits per heavy atom. The lowest BCUT2D eigenvalue weighted by Crippen LogP contribution is -2.02. The van der Waals surface area contributed by atoms with Crippen molar-refractivity contribution in [3.63, 3.8) is 0 Å². The topological polar surface area (TPSA) is 63.6 Å². The van der Waals surface area contributed by atoms with Crippen LogP contribution in [0.15, 0.2) is 48.5 Å². The summed E-state index contributed by atoms with van der Waals surface area (Å²) >= 11 is 5.81. The first-order valence-corrected chi connectivity index (χ1v) is 6.83. The molecule has 0 spiro atoms. The molecule has 0 aliphatic heterocycles. The van der Waals surface area contributed by atoms with E-state index in [-0.39, 0.29) is 5.57 Å². The number of carbonyl (C=O) groups excluding carboxylic acids is 1. The molecule has 0 aromatic heterocycles. The van der Waals surface area contributed by atoms with Crippen LogP contribution in [-0.4, -0.2) is 17.0 Å². The van der Waals surface area contributed by atoms with Crippen molar-refractivity contribution < 1.29 is 19.4 Å². The largest absolute Gasteiger partial charge is 0.478 e. The summed E-state index contributed by atoms with van der Waals surface area (Å²) in [7, 11) is 0. The van der Waals surface area contributed by atoms with Gasteiger partial charge < -0.3 is 9.84 Å². The molecule has 0 heterocycles. The van der Waals surface area contributed by atoms with Crippen molar-refractivity contribution in [2.24, 2.45) is 0 Å². The van der Waals surface area contributed by atoms with E-state index in [0.29, 0.717) is 16.3 Å². The number of hydrogen-bond acceptors (Lipinski definition) is 3. The van der Waals surface area contributed by atoms with E-state index in [1.54, 1.807) is 54.6 Å². The van der Waals surface area contributed by atoms with Gasteiger partial charge in [0, 0.05) is 11.9 Å². The summed E-state index contributed by atoms with van der Waals surface area (Å²) in [5, 5.41) is 9.96. The second-order valence-corrected chi connectivity index (χ2v) is 4.97. The fraction of sp³-hybridized carbons (Fsp3) is 0.0588. The smallest absolute Gasteiger partial charge is 0.336 e. The average molecular weight is 317 g/mol. The second kappa shape index (κ2) is 6.91. The van der Waals surface area contributed by atoms with E-state index in [4.69, 9.17) is 16.3 Å². The molecular formula is C17H13ClO4. The maximum absolute atomic E-state index is 11.5. The summed E-state index contributed by atoms with van der Waals surface area (Å²) in [5.41, 5.74) is 1.38. The lowest BCUT2D eigenvalue weighted by Gasteiger charge is -2.05. The van der Waals surface area contributed by atoms with Crippen molar-refractivity contribution in [3.05, 3.63) is 64.7 Å². The first kappa shape index (κ1) is 15.8. The fourth-order valence-electron chi connectivity index (χ4n) is 1.86.